The van der Waals surface area contributed by atoms with Crippen LogP contribution in [0.25, 0.3) is 11.5 Å². The number of nitrogens with zero attached hydrogens (tertiary/aromatic N) is 2. The molecule has 0 aliphatic heterocycles. The van der Waals surface area contributed by atoms with Crippen LogP contribution in [0.5, 0.6) is 5.75 Å². The molecule has 6 nitrogen and oxygen atoms in total. The standard InChI is InChI=1S/C13H16BrN3O3/c1-13(15,7-18-2)12-16-11(20-17-12)8-4-5-10(19-3)9(14)6-8/h4-6H,7,15H2,1-3H3. The Morgan fingerprint density at radius 3 is 2.75 bits per heavy atom. The lowest BCUT2D eigenvalue weighted by molar-refractivity contribution is 0.135. The van der Waals surface area contributed by atoms with Crippen molar-refractivity contribution in [1.29, 1.82) is 0 Å². The maximum Gasteiger partial charge on any atom is 0.258 e. The van der Waals surface area contributed by atoms with Crippen LogP contribution in [0, 0.1) is 0 Å². The molecular weight excluding hydrogens is 326 g/mol. The van der Waals surface area contributed by atoms with Gasteiger partial charge >= 0.3 is 0 Å². The third-order valence-electron chi connectivity index (χ3n) is 2.78. The number of halogens is 1. The first-order chi connectivity index (χ1) is 9.47. The number of benzene rings is 1. The van der Waals surface area contributed by atoms with E-state index in [1.165, 1.54) is 0 Å². The van der Waals surface area contributed by atoms with Crippen LogP contribution in [0.15, 0.2) is 27.2 Å². The molecule has 2 N–H and O–H groups in total. The van der Waals surface area contributed by atoms with Crippen molar-refractivity contribution in [2.75, 3.05) is 20.8 Å². The molecule has 2 aromatic rings. The van der Waals surface area contributed by atoms with Gasteiger partial charge < -0.3 is 19.7 Å². The van der Waals surface area contributed by atoms with Gasteiger partial charge in [0.15, 0.2) is 5.82 Å². The smallest absolute Gasteiger partial charge is 0.258 e. The van der Waals surface area contributed by atoms with E-state index in [9.17, 15) is 0 Å². The Kier molecular flexibility index (Phi) is 4.42. The van der Waals surface area contributed by atoms with Crippen LogP contribution < -0.4 is 10.5 Å². The summed E-state index contributed by atoms with van der Waals surface area (Å²) < 4.78 is 16.3. The Labute approximate surface area is 125 Å². The van der Waals surface area contributed by atoms with E-state index >= 15 is 0 Å². The summed E-state index contributed by atoms with van der Waals surface area (Å²) in [6.07, 6.45) is 0. The summed E-state index contributed by atoms with van der Waals surface area (Å²) in [4.78, 5) is 4.32. The van der Waals surface area contributed by atoms with Crippen LogP contribution in [-0.4, -0.2) is 31.0 Å². The zero-order valence-corrected chi connectivity index (χ0v) is 13.1. The van der Waals surface area contributed by atoms with E-state index in [2.05, 4.69) is 26.1 Å². The van der Waals surface area contributed by atoms with Crippen molar-refractivity contribution in [1.82, 2.24) is 10.1 Å². The molecule has 2 rings (SSSR count). The Morgan fingerprint density at radius 2 is 2.15 bits per heavy atom. The normalized spacial score (nSPS) is 14.1. The van der Waals surface area contributed by atoms with E-state index in [0.29, 0.717) is 18.3 Å². The van der Waals surface area contributed by atoms with Crippen molar-refractivity contribution >= 4 is 15.9 Å². The van der Waals surface area contributed by atoms with E-state index in [1.807, 2.05) is 18.2 Å². The molecule has 20 heavy (non-hydrogen) atoms. The zero-order valence-electron chi connectivity index (χ0n) is 11.5. The highest BCUT2D eigenvalue weighted by Crippen LogP contribution is 2.30. The monoisotopic (exact) mass is 341 g/mol. The van der Waals surface area contributed by atoms with E-state index in [4.69, 9.17) is 19.7 Å². The predicted octanol–water partition coefficient (Wildman–Crippen LogP) is 2.33. The Hall–Kier alpha value is -1.44. The molecule has 0 amide bonds. The molecule has 0 spiro atoms. The van der Waals surface area contributed by atoms with Gasteiger partial charge in [0.25, 0.3) is 5.89 Å². The number of hydrogen-bond acceptors (Lipinski definition) is 6. The topological polar surface area (TPSA) is 83.4 Å². The molecule has 0 aliphatic carbocycles. The number of hydrogen-bond donors (Lipinski definition) is 1. The predicted molar refractivity (Wildman–Crippen MR) is 77.4 cm³/mol. The summed E-state index contributed by atoms with van der Waals surface area (Å²) in [7, 11) is 3.18. The lowest BCUT2D eigenvalue weighted by Gasteiger charge is -2.18. The molecule has 1 atom stereocenters. The lowest BCUT2D eigenvalue weighted by Crippen LogP contribution is -2.38. The van der Waals surface area contributed by atoms with Gasteiger partial charge in [-0.2, -0.15) is 4.98 Å². The minimum atomic E-state index is -0.791. The lowest BCUT2D eigenvalue weighted by atomic mass is 10.1. The Balaban J connectivity index is 2.31. The van der Waals surface area contributed by atoms with Gasteiger partial charge in [0.05, 0.1) is 18.2 Å². The second-order valence-corrected chi connectivity index (χ2v) is 5.48. The Bertz CT molecular complexity index is 598. The molecule has 0 aliphatic rings. The second-order valence-electron chi connectivity index (χ2n) is 4.62. The molecule has 0 bridgehead atoms. The van der Waals surface area contributed by atoms with Crippen LogP contribution in [0.1, 0.15) is 12.7 Å². The van der Waals surface area contributed by atoms with Gasteiger partial charge in [0.1, 0.15) is 11.3 Å². The van der Waals surface area contributed by atoms with Gasteiger partial charge in [-0.1, -0.05) is 5.16 Å². The van der Waals surface area contributed by atoms with Gasteiger partial charge in [-0.25, -0.2) is 0 Å². The van der Waals surface area contributed by atoms with E-state index < -0.39 is 5.54 Å². The van der Waals surface area contributed by atoms with Crippen LogP contribution in [0.4, 0.5) is 0 Å². The third-order valence-corrected chi connectivity index (χ3v) is 3.40. The summed E-state index contributed by atoms with van der Waals surface area (Å²) in [5, 5.41) is 3.92. The SMILES string of the molecule is COCC(C)(N)c1noc(-c2ccc(OC)c(Br)c2)n1. The minimum absolute atomic E-state index is 0.304. The highest BCUT2D eigenvalue weighted by Gasteiger charge is 2.27. The van der Waals surface area contributed by atoms with Crippen molar-refractivity contribution in [2.24, 2.45) is 5.73 Å². The van der Waals surface area contributed by atoms with Crippen LogP contribution in [0.3, 0.4) is 0 Å². The van der Waals surface area contributed by atoms with Gasteiger partial charge in [-0.3, -0.25) is 0 Å². The summed E-state index contributed by atoms with van der Waals surface area (Å²) in [6.45, 7) is 2.09. The van der Waals surface area contributed by atoms with Crippen molar-refractivity contribution in [3.63, 3.8) is 0 Å². The quantitative estimate of drug-likeness (QED) is 0.898. The number of nitrogens with two attached hydrogens (primary N) is 1. The average molecular weight is 342 g/mol. The maximum atomic E-state index is 6.08. The molecular formula is C13H16BrN3O3. The first-order valence-corrected chi connectivity index (χ1v) is 6.73. The zero-order chi connectivity index (χ0) is 14.8. The van der Waals surface area contributed by atoms with Gasteiger partial charge in [-0.15, -0.1) is 0 Å². The largest absolute Gasteiger partial charge is 0.496 e. The van der Waals surface area contributed by atoms with Crippen molar-refractivity contribution in [3.8, 4) is 17.2 Å². The molecule has 108 valence electrons. The fourth-order valence-electron chi connectivity index (χ4n) is 1.74. The first kappa shape index (κ1) is 15.0. The number of ether oxygens (including phenoxy) is 2. The minimum Gasteiger partial charge on any atom is -0.496 e. The fourth-order valence-corrected chi connectivity index (χ4v) is 2.28. The number of methoxy groups -OCH3 is 2. The molecule has 1 aromatic carbocycles. The van der Waals surface area contributed by atoms with Gasteiger partial charge in [-0.05, 0) is 41.1 Å². The molecule has 1 heterocycles. The number of rotatable bonds is 5. The fraction of sp³-hybridized carbons (Fsp3) is 0.385. The molecule has 0 saturated heterocycles. The summed E-state index contributed by atoms with van der Waals surface area (Å²) in [5.41, 5.74) is 6.07. The first-order valence-electron chi connectivity index (χ1n) is 5.94. The highest BCUT2D eigenvalue weighted by atomic mass is 79.9. The summed E-state index contributed by atoms with van der Waals surface area (Å²) in [6, 6.07) is 5.51. The molecule has 1 unspecified atom stereocenters. The molecule has 1 aromatic heterocycles. The van der Waals surface area contributed by atoms with Crippen molar-refractivity contribution in [2.45, 2.75) is 12.5 Å². The van der Waals surface area contributed by atoms with Crippen LogP contribution >= 0.6 is 15.9 Å². The van der Waals surface area contributed by atoms with E-state index in [0.717, 1.165) is 15.8 Å². The third kappa shape index (κ3) is 3.00. The maximum absolute atomic E-state index is 6.08. The molecule has 7 heteroatoms. The van der Waals surface area contributed by atoms with Crippen LogP contribution in [-0.2, 0) is 10.3 Å². The molecule has 0 radical (unpaired) electrons. The van der Waals surface area contributed by atoms with Gasteiger partial charge in [0, 0.05) is 12.7 Å². The molecule has 0 fully saturated rings. The molecule has 0 saturated carbocycles. The summed E-state index contributed by atoms with van der Waals surface area (Å²) >= 11 is 3.42. The second kappa shape index (κ2) is 5.90. The summed E-state index contributed by atoms with van der Waals surface area (Å²) in [5.74, 6) is 1.54. The van der Waals surface area contributed by atoms with Crippen LogP contribution in [0.2, 0.25) is 0 Å². The van der Waals surface area contributed by atoms with E-state index in [-0.39, 0.29) is 0 Å². The van der Waals surface area contributed by atoms with Crippen molar-refractivity contribution < 1.29 is 14.0 Å². The average Bonchev–Trinajstić information content (AvgIpc) is 2.89. The highest BCUT2D eigenvalue weighted by molar-refractivity contribution is 9.10. The van der Waals surface area contributed by atoms with Gasteiger partial charge in [0.2, 0.25) is 0 Å². The van der Waals surface area contributed by atoms with Crippen molar-refractivity contribution in [3.05, 3.63) is 28.5 Å². The Morgan fingerprint density at radius 1 is 1.40 bits per heavy atom. The number of aromatic nitrogens is 2. The van der Waals surface area contributed by atoms with E-state index in [1.54, 1.807) is 21.1 Å².